The van der Waals surface area contributed by atoms with Gasteiger partial charge in [0.25, 0.3) is 5.91 Å². The molecule has 27 heavy (non-hydrogen) atoms. The second-order valence-corrected chi connectivity index (χ2v) is 9.13. The molecule has 2 heterocycles. The van der Waals surface area contributed by atoms with Crippen molar-refractivity contribution in [2.45, 2.75) is 30.6 Å². The van der Waals surface area contributed by atoms with Crippen LogP contribution in [0.3, 0.4) is 0 Å². The Labute approximate surface area is 162 Å². The SMILES string of the molecule is O=C(NCCN1CCNCC1)c1cccc(S(=O)(=O)N2CCCCCC2)c1. The number of nitrogens with one attached hydrogen (secondary N) is 2. The molecule has 1 aromatic rings. The fourth-order valence-electron chi connectivity index (χ4n) is 3.59. The minimum absolute atomic E-state index is 0.208. The summed E-state index contributed by atoms with van der Waals surface area (Å²) in [6, 6.07) is 6.40. The highest BCUT2D eigenvalue weighted by Gasteiger charge is 2.25. The molecule has 150 valence electrons. The first kappa shape index (κ1) is 20.3. The summed E-state index contributed by atoms with van der Waals surface area (Å²) in [7, 11) is -3.54. The maximum atomic E-state index is 12.9. The van der Waals surface area contributed by atoms with E-state index >= 15 is 0 Å². The Morgan fingerprint density at radius 2 is 1.74 bits per heavy atom. The van der Waals surface area contributed by atoms with Crippen LogP contribution in [0.2, 0.25) is 0 Å². The van der Waals surface area contributed by atoms with Gasteiger partial charge in [0.2, 0.25) is 10.0 Å². The van der Waals surface area contributed by atoms with Gasteiger partial charge in [-0.1, -0.05) is 18.9 Å². The molecule has 2 fully saturated rings. The molecule has 3 rings (SSSR count). The van der Waals surface area contributed by atoms with E-state index in [-0.39, 0.29) is 10.8 Å². The summed E-state index contributed by atoms with van der Waals surface area (Å²) in [6.45, 7) is 6.40. The Hall–Kier alpha value is -1.48. The third-order valence-corrected chi connectivity index (χ3v) is 7.12. The molecule has 0 saturated carbocycles. The van der Waals surface area contributed by atoms with Crippen molar-refractivity contribution in [1.29, 1.82) is 0 Å². The average Bonchev–Trinajstić information content (AvgIpc) is 2.99. The number of carbonyl (C=O) groups excluding carboxylic acids is 1. The zero-order chi connectivity index (χ0) is 19.1. The maximum Gasteiger partial charge on any atom is 0.251 e. The molecule has 2 N–H and O–H groups in total. The van der Waals surface area contributed by atoms with Crippen LogP contribution in [0.4, 0.5) is 0 Å². The number of benzene rings is 1. The molecule has 0 spiro atoms. The number of hydrogen-bond donors (Lipinski definition) is 2. The Kier molecular flexibility index (Phi) is 7.23. The van der Waals surface area contributed by atoms with Crippen LogP contribution >= 0.6 is 0 Å². The lowest BCUT2D eigenvalue weighted by molar-refractivity contribution is 0.0947. The van der Waals surface area contributed by atoms with E-state index in [1.54, 1.807) is 22.5 Å². The minimum Gasteiger partial charge on any atom is -0.351 e. The van der Waals surface area contributed by atoms with Gasteiger partial charge in [0.05, 0.1) is 4.90 Å². The summed E-state index contributed by atoms with van der Waals surface area (Å²) in [6.07, 6.45) is 3.93. The van der Waals surface area contributed by atoms with Crippen LogP contribution in [-0.4, -0.2) is 75.9 Å². The van der Waals surface area contributed by atoms with Crippen molar-refractivity contribution in [3.63, 3.8) is 0 Å². The van der Waals surface area contributed by atoms with Crippen LogP contribution in [0.5, 0.6) is 0 Å². The second kappa shape index (κ2) is 9.64. The van der Waals surface area contributed by atoms with Crippen LogP contribution in [-0.2, 0) is 10.0 Å². The lowest BCUT2D eigenvalue weighted by Gasteiger charge is -2.27. The molecule has 7 nitrogen and oxygen atoms in total. The molecule has 2 aliphatic rings. The minimum atomic E-state index is -3.54. The maximum absolute atomic E-state index is 12.9. The second-order valence-electron chi connectivity index (χ2n) is 7.19. The number of piperazine rings is 1. The van der Waals surface area contributed by atoms with Crippen molar-refractivity contribution in [2.24, 2.45) is 0 Å². The van der Waals surface area contributed by atoms with Crippen molar-refractivity contribution in [3.8, 4) is 0 Å². The highest BCUT2D eigenvalue weighted by atomic mass is 32.2. The fourth-order valence-corrected chi connectivity index (χ4v) is 5.16. The summed E-state index contributed by atoms with van der Waals surface area (Å²) >= 11 is 0. The molecule has 1 aromatic carbocycles. The highest BCUT2D eigenvalue weighted by Crippen LogP contribution is 2.21. The monoisotopic (exact) mass is 394 g/mol. The van der Waals surface area contributed by atoms with Gasteiger partial charge < -0.3 is 10.6 Å². The van der Waals surface area contributed by atoms with Crippen LogP contribution in [0.25, 0.3) is 0 Å². The normalized spacial score (nSPS) is 20.1. The van der Waals surface area contributed by atoms with Crippen LogP contribution in [0.15, 0.2) is 29.2 Å². The zero-order valence-electron chi connectivity index (χ0n) is 15.8. The van der Waals surface area contributed by atoms with E-state index < -0.39 is 10.0 Å². The van der Waals surface area contributed by atoms with E-state index in [0.717, 1.165) is 58.4 Å². The Morgan fingerprint density at radius 1 is 1.04 bits per heavy atom. The van der Waals surface area contributed by atoms with Gasteiger partial charge in [0.1, 0.15) is 0 Å². The Balaban J connectivity index is 1.60. The van der Waals surface area contributed by atoms with Crippen LogP contribution in [0, 0.1) is 0 Å². The van der Waals surface area contributed by atoms with Gasteiger partial charge in [-0.25, -0.2) is 8.42 Å². The number of sulfonamides is 1. The number of rotatable bonds is 6. The smallest absolute Gasteiger partial charge is 0.251 e. The van der Waals surface area contributed by atoms with E-state index in [1.165, 1.54) is 6.07 Å². The number of nitrogens with zero attached hydrogens (tertiary/aromatic N) is 2. The van der Waals surface area contributed by atoms with Gasteiger partial charge >= 0.3 is 0 Å². The summed E-state index contributed by atoms with van der Waals surface area (Å²) in [5.74, 6) is -0.224. The summed E-state index contributed by atoms with van der Waals surface area (Å²) in [4.78, 5) is 15.0. The summed E-state index contributed by atoms with van der Waals surface area (Å²) < 4.78 is 27.4. The number of hydrogen-bond acceptors (Lipinski definition) is 5. The Morgan fingerprint density at radius 3 is 2.44 bits per heavy atom. The Bertz CT molecular complexity index is 724. The molecule has 0 aromatic heterocycles. The topological polar surface area (TPSA) is 81.8 Å². The van der Waals surface area contributed by atoms with Crippen LogP contribution in [0.1, 0.15) is 36.0 Å². The van der Waals surface area contributed by atoms with E-state index in [0.29, 0.717) is 25.2 Å². The molecule has 2 saturated heterocycles. The zero-order valence-corrected chi connectivity index (χ0v) is 16.6. The first-order valence-electron chi connectivity index (χ1n) is 9.89. The van der Waals surface area contributed by atoms with Gasteiger partial charge in [-0.15, -0.1) is 0 Å². The van der Waals surface area contributed by atoms with E-state index in [1.807, 2.05) is 0 Å². The summed E-state index contributed by atoms with van der Waals surface area (Å²) in [5, 5.41) is 6.21. The first-order valence-corrected chi connectivity index (χ1v) is 11.3. The molecular weight excluding hydrogens is 364 g/mol. The van der Waals surface area contributed by atoms with E-state index in [4.69, 9.17) is 0 Å². The molecule has 0 aliphatic carbocycles. The molecule has 1 amide bonds. The summed E-state index contributed by atoms with van der Waals surface area (Å²) in [5.41, 5.74) is 0.395. The predicted octanol–water partition coefficient (Wildman–Crippen LogP) is 0.886. The lowest BCUT2D eigenvalue weighted by atomic mass is 10.2. The predicted molar refractivity (Wildman–Crippen MR) is 105 cm³/mol. The third kappa shape index (κ3) is 5.51. The van der Waals surface area contributed by atoms with Crippen molar-refractivity contribution < 1.29 is 13.2 Å². The van der Waals surface area contributed by atoms with Gasteiger partial charge in [0, 0.05) is 57.9 Å². The van der Waals surface area contributed by atoms with Crippen LogP contribution < -0.4 is 10.6 Å². The van der Waals surface area contributed by atoms with Crippen molar-refractivity contribution in [2.75, 3.05) is 52.4 Å². The molecule has 0 radical (unpaired) electrons. The largest absolute Gasteiger partial charge is 0.351 e. The van der Waals surface area contributed by atoms with Gasteiger partial charge in [-0.3, -0.25) is 9.69 Å². The molecule has 8 heteroatoms. The van der Waals surface area contributed by atoms with E-state index in [2.05, 4.69) is 15.5 Å². The first-order chi connectivity index (χ1) is 13.1. The molecule has 0 unspecified atom stereocenters. The number of amides is 1. The van der Waals surface area contributed by atoms with E-state index in [9.17, 15) is 13.2 Å². The van der Waals surface area contributed by atoms with Crippen molar-refractivity contribution in [1.82, 2.24) is 19.8 Å². The molecule has 0 bridgehead atoms. The van der Waals surface area contributed by atoms with Gasteiger partial charge in [-0.2, -0.15) is 4.31 Å². The van der Waals surface area contributed by atoms with Gasteiger partial charge in [0.15, 0.2) is 0 Å². The third-order valence-electron chi connectivity index (χ3n) is 5.22. The quantitative estimate of drug-likeness (QED) is 0.749. The average molecular weight is 395 g/mol. The highest BCUT2D eigenvalue weighted by molar-refractivity contribution is 7.89. The lowest BCUT2D eigenvalue weighted by Crippen LogP contribution is -2.46. The van der Waals surface area contributed by atoms with Crippen molar-refractivity contribution >= 4 is 15.9 Å². The fraction of sp³-hybridized carbons (Fsp3) is 0.632. The number of carbonyl (C=O) groups is 1. The standard InChI is InChI=1S/C19H30N4O3S/c24-19(21-10-15-22-13-8-20-9-14-22)17-6-5-7-18(16-17)27(25,26)23-11-3-1-2-4-12-23/h5-7,16,20H,1-4,8-15H2,(H,21,24). The van der Waals surface area contributed by atoms with Gasteiger partial charge in [-0.05, 0) is 31.0 Å². The van der Waals surface area contributed by atoms with Crippen molar-refractivity contribution in [3.05, 3.63) is 29.8 Å². The molecular formula is C19H30N4O3S. The molecule has 0 atom stereocenters. The molecule has 2 aliphatic heterocycles.